The number of rotatable bonds is 6. The second-order valence-electron chi connectivity index (χ2n) is 5.48. The first-order chi connectivity index (χ1) is 9.90. The lowest BCUT2D eigenvalue weighted by Crippen LogP contribution is -2.25. The minimum Gasteiger partial charge on any atom is -0.305 e. The lowest BCUT2D eigenvalue weighted by Gasteiger charge is -2.30. The van der Waals surface area contributed by atoms with Gasteiger partial charge < -0.3 is 5.32 Å². The Kier molecular flexibility index (Phi) is 4.43. The van der Waals surface area contributed by atoms with Crippen molar-refractivity contribution in [2.24, 2.45) is 0 Å². The van der Waals surface area contributed by atoms with Crippen LogP contribution in [0.3, 0.4) is 0 Å². The van der Waals surface area contributed by atoms with Crippen molar-refractivity contribution in [3.8, 4) is 0 Å². The highest BCUT2D eigenvalue weighted by Crippen LogP contribution is 2.40. The van der Waals surface area contributed by atoms with Gasteiger partial charge in [0.2, 0.25) is 0 Å². The smallest absolute Gasteiger partial charge is 0.0957 e. The van der Waals surface area contributed by atoms with Crippen LogP contribution >= 0.6 is 11.7 Å². The van der Waals surface area contributed by atoms with E-state index < -0.39 is 0 Å². The lowest BCUT2D eigenvalue weighted by atomic mass is 9.77. The zero-order valence-corrected chi connectivity index (χ0v) is 12.7. The molecule has 0 saturated heterocycles. The minimum atomic E-state index is 0.186. The molecule has 1 aromatic carbocycles. The van der Waals surface area contributed by atoms with Crippen molar-refractivity contribution in [2.75, 3.05) is 6.54 Å². The van der Waals surface area contributed by atoms with Crippen molar-refractivity contribution >= 4 is 11.7 Å². The van der Waals surface area contributed by atoms with E-state index in [1.165, 1.54) is 42.1 Å². The summed E-state index contributed by atoms with van der Waals surface area (Å²) in [6.07, 6.45) is 7.04. The van der Waals surface area contributed by atoms with E-state index >= 15 is 0 Å². The summed E-state index contributed by atoms with van der Waals surface area (Å²) in [5.41, 5.74) is 3.94. The molecule has 0 amide bonds. The summed E-state index contributed by atoms with van der Waals surface area (Å²) >= 11 is 1.29. The van der Waals surface area contributed by atoms with Gasteiger partial charge in [-0.1, -0.05) is 37.6 Å². The molecule has 106 valence electrons. The number of nitrogens with zero attached hydrogens (tertiary/aromatic N) is 2. The van der Waals surface area contributed by atoms with Crippen LogP contribution in [-0.2, 0) is 0 Å². The molecule has 0 aliphatic heterocycles. The molecule has 0 bridgehead atoms. The third-order valence-electron chi connectivity index (χ3n) is 4.12. The van der Waals surface area contributed by atoms with Gasteiger partial charge in [0.05, 0.1) is 29.7 Å². The number of aromatic nitrogens is 2. The Balaban J connectivity index is 1.94. The first kappa shape index (κ1) is 13.7. The van der Waals surface area contributed by atoms with Crippen LogP contribution in [0.2, 0.25) is 0 Å². The number of benzene rings is 1. The van der Waals surface area contributed by atoms with E-state index in [9.17, 15) is 0 Å². The molecule has 0 spiro atoms. The van der Waals surface area contributed by atoms with Gasteiger partial charge in [-0.3, -0.25) is 0 Å². The van der Waals surface area contributed by atoms with E-state index in [0.29, 0.717) is 0 Å². The Morgan fingerprint density at radius 1 is 1.35 bits per heavy atom. The highest BCUT2D eigenvalue weighted by molar-refractivity contribution is 6.99. The second kappa shape index (κ2) is 6.46. The summed E-state index contributed by atoms with van der Waals surface area (Å²) in [6.45, 7) is 3.20. The Labute approximate surface area is 124 Å². The summed E-state index contributed by atoms with van der Waals surface area (Å²) in [5, 5.41) is 3.64. The minimum absolute atomic E-state index is 0.186. The van der Waals surface area contributed by atoms with Crippen molar-refractivity contribution in [1.29, 1.82) is 0 Å². The van der Waals surface area contributed by atoms with Gasteiger partial charge in [-0.05, 0) is 42.9 Å². The van der Waals surface area contributed by atoms with Crippen molar-refractivity contribution in [3.05, 3.63) is 47.3 Å². The first-order valence-electron chi connectivity index (χ1n) is 7.49. The molecule has 3 nitrogen and oxygen atoms in total. The van der Waals surface area contributed by atoms with Crippen molar-refractivity contribution in [1.82, 2.24) is 14.1 Å². The fourth-order valence-electron chi connectivity index (χ4n) is 2.83. The predicted octanol–water partition coefficient (Wildman–Crippen LogP) is 3.89. The van der Waals surface area contributed by atoms with E-state index in [1.54, 1.807) is 0 Å². The van der Waals surface area contributed by atoms with Crippen molar-refractivity contribution < 1.29 is 0 Å². The monoisotopic (exact) mass is 287 g/mol. The Morgan fingerprint density at radius 2 is 2.20 bits per heavy atom. The molecule has 4 heteroatoms. The molecule has 1 aromatic heterocycles. The van der Waals surface area contributed by atoms with Crippen LogP contribution in [0.1, 0.15) is 61.4 Å². The quantitative estimate of drug-likeness (QED) is 0.875. The van der Waals surface area contributed by atoms with Crippen LogP contribution in [0, 0.1) is 0 Å². The maximum absolute atomic E-state index is 4.46. The molecule has 1 heterocycles. The van der Waals surface area contributed by atoms with Gasteiger partial charge in [-0.2, -0.15) is 8.75 Å². The highest BCUT2D eigenvalue weighted by Gasteiger charge is 2.26. The molecule has 1 fully saturated rings. The van der Waals surface area contributed by atoms with Crippen molar-refractivity contribution in [3.63, 3.8) is 0 Å². The maximum Gasteiger partial charge on any atom is 0.0957 e. The fraction of sp³-hybridized carbons (Fsp3) is 0.500. The first-order valence-corrected chi connectivity index (χ1v) is 8.23. The Bertz CT molecular complexity index is 534. The van der Waals surface area contributed by atoms with E-state index in [4.69, 9.17) is 0 Å². The normalized spacial score (nSPS) is 16.9. The van der Waals surface area contributed by atoms with E-state index in [1.807, 2.05) is 6.20 Å². The SMILES string of the molecule is CCCNC(c1cnsn1)c1ccccc1C1CCC1. The lowest BCUT2D eigenvalue weighted by molar-refractivity contribution is 0.414. The standard InChI is InChI=1S/C16H21N3S/c1-2-10-17-16(15-11-18-20-19-15)14-9-4-3-8-13(14)12-6-5-7-12/h3-4,8-9,11-12,16-17H,2,5-7,10H2,1H3. The predicted molar refractivity (Wildman–Crippen MR) is 83.1 cm³/mol. The molecule has 2 aromatic rings. The summed E-state index contributed by atoms with van der Waals surface area (Å²) in [7, 11) is 0. The molecular weight excluding hydrogens is 266 g/mol. The van der Waals surface area contributed by atoms with Crippen LogP contribution in [-0.4, -0.2) is 15.3 Å². The zero-order chi connectivity index (χ0) is 13.8. The third-order valence-corrected chi connectivity index (χ3v) is 4.62. The Hall–Kier alpha value is -1.26. The van der Waals surface area contributed by atoms with Gasteiger partial charge in [0, 0.05) is 0 Å². The van der Waals surface area contributed by atoms with Gasteiger partial charge >= 0.3 is 0 Å². The van der Waals surface area contributed by atoms with Crippen LogP contribution in [0.15, 0.2) is 30.5 Å². The van der Waals surface area contributed by atoms with Crippen LogP contribution in [0.25, 0.3) is 0 Å². The maximum atomic E-state index is 4.46. The summed E-state index contributed by atoms with van der Waals surface area (Å²) in [6, 6.07) is 9.02. The third kappa shape index (κ3) is 2.76. The molecule has 1 aliphatic rings. The van der Waals surface area contributed by atoms with Gasteiger partial charge in [0.25, 0.3) is 0 Å². The number of hydrogen-bond acceptors (Lipinski definition) is 4. The van der Waals surface area contributed by atoms with Gasteiger partial charge in [0.1, 0.15) is 0 Å². The van der Waals surface area contributed by atoms with E-state index in [0.717, 1.165) is 24.6 Å². The summed E-state index contributed by atoms with van der Waals surface area (Å²) < 4.78 is 8.63. The van der Waals surface area contributed by atoms with Gasteiger partial charge in [-0.25, -0.2) is 0 Å². The van der Waals surface area contributed by atoms with Crippen LogP contribution in [0.5, 0.6) is 0 Å². The number of hydrogen-bond donors (Lipinski definition) is 1. The molecular formula is C16H21N3S. The molecule has 20 heavy (non-hydrogen) atoms. The molecule has 3 rings (SSSR count). The van der Waals surface area contributed by atoms with E-state index in [-0.39, 0.29) is 6.04 Å². The molecule has 1 saturated carbocycles. The Morgan fingerprint density at radius 3 is 2.85 bits per heavy atom. The molecule has 1 N–H and O–H groups in total. The largest absolute Gasteiger partial charge is 0.305 e. The molecule has 1 aliphatic carbocycles. The highest BCUT2D eigenvalue weighted by atomic mass is 32.1. The van der Waals surface area contributed by atoms with Gasteiger partial charge in [-0.15, -0.1) is 0 Å². The second-order valence-corrected chi connectivity index (χ2v) is 6.03. The average molecular weight is 287 g/mol. The molecule has 0 radical (unpaired) electrons. The van der Waals surface area contributed by atoms with Crippen LogP contribution < -0.4 is 5.32 Å². The summed E-state index contributed by atoms with van der Waals surface area (Å²) in [4.78, 5) is 0. The van der Waals surface area contributed by atoms with E-state index in [2.05, 4.69) is 45.3 Å². The summed E-state index contributed by atoms with van der Waals surface area (Å²) in [5.74, 6) is 0.740. The molecule has 1 unspecified atom stereocenters. The van der Waals surface area contributed by atoms with Crippen molar-refractivity contribution in [2.45, 2.75) is 44.6 Å². The average Bonchev–Trinajstić information content (AvgIpc) is 2.93. The van der Waals surface area contributed by atoms with Crippen LogP contribution in [0.4, 0.5) is 0 Å². The van der Waals surface area contributed by atoms with Gasteiger partial charge in [0.15, 0.2) is 0 Å². The number of nitrogens with one attached hydrogen (secondary N) is 1. The zero-order valence-electron chi connectivity index (χ0n) is 11.9. The fourth-order valence-corrected chi connectivity index (χ4v) is 3.28. The topological polar surface area (TPSA) is 37.8 Å². The molecule has 1 atom stereocenters.